The molecule has 4 aromatic rings. The third-order valence-electron chi connectivity index (χ3n) is 5.18. The molecule has 12 heteroatoms. The summed E-state index contributed by atoms with van der Waals surface area (Å²) in [6.07, 6.45) is -3.51. The molecule has 0 unspecified atom stereocenters. The first kappa shape index (κ1) is 21.3. The van der Waals surface area contributed by atoms with Crippen molar-refractivity contribution in [3.63, 3.8) is 0 Å². The zero-order valence-electron chi connectivity index (χ0n) is 16.9. The minimum atomic E-state index is -4.91. The second kappa shape index (κ2) is 8.07. The quantitative estimate of drug-likeness (QED) is 0.459. The summed E-state index contributed by atoms with van der Waals surface area (Å²) < 4.78 is 44.4. The van der Waals surface area contributed by atoms with Crippen LogP contribution in [0.25, 0.3) is 27.9 Å². The van der Waals surface area contributed by atoms with Crippen molar-refractivity contribution in [1.82, 2.24) is 24.9 Å². The summed E-state index contributed by atoms with van der Waals surface area (Å²) in [7, 11) is 0. The van der Waals surface area contributed by atoms with Crippen LogP contribution in [0.2, 0.25) is 5.02 Å². The average molecular weight is 477 g/mol. The Balaban J connectivity index is 1.68. The van der Waals surface area contributed by atoms with E-state index in [0.29, 0.717) is 29.5 Å². The molecule has 0 radical (unpaired) electrons. The number of piperidine rings is 1. The van der Waals surface area contributed by atoms with Crippen molar-refractivity contribution >= 4 is 40.0 Å². The number of fused-ring (bicyclic) bond motifs is 3. The van der Waals surface area contributed by atoms with Crippen molar-refractivity contribution in [1.29, 1.82) is 0 Å². The highest BCUT2D eigenvalue weighted by Crippen LogP contribution is 2.35. The minimum absolute atomic E-state index is 0.0334. The van der Waals surface area contributed by atoms with Crippen LogP contribution in [0.4, 0.5) is 19.1 Å². The Labute approximate surface area is 189 Å². The van der Waals surface area contributed by atoms with Gasteiger partial charge in [0.1, 0.15) is 11.8 Å². The summed E-state index contributed by atoms with van der Waals surface area (Å²) in [5, 5.41) is 11.1. The van der Waals surface area contributed by atoms with E-state index >= 15 is 0 Å². The lowest BCUT2D eigenvalue weighted by Crippen LogP contribution is -2.44. The molecular weight excluding hydrogens is 461 g/mol. The maximum Gasteiger partial charge on any atom is 0.573 e. The number of nitrogens with zero attached hydrogens (tertiary/aromatic N) is 4. The predicted molar refractivity (Wildman–Crippen MR) is 115 cm³/mol. The fourth-order valence-corrected chi connectivity index (χ4v) is 3.89. The number of anilines is 1. The van der Waals surface area contributed by atoms with Gasteiger partial charge in [0, 0.05) is 17.0 Å². The van der Waals surface area contributed by atoms with Crippen LogP contribution in [-0.2, 0) is 4.79 Å². The number of ether oxygens (including phenoxy) is 1. The van der Waals surface area contributed by atoms with Crippen LogP contribution in [-0.4, -0.2) is 44.4 Å². The zero-order chi connectivity index (χ0) is 23.2. The number of alkyl halides is 3. The zero-order valence-corrected chi connectivity index (χ0v) is 17.6. The minimum Gasteiger partial charge on any atom is -0.405 e. The molecule has 0 saturated carbocycles. The standard InChI is InChI=1S/C21H16ClF3N6O2/c22-11-7-8-16(33-21(23,24)25)13(10-11)17-29-18-12-4-1-2-5-14(12)27-20(31(18)30-17)28-15-6-3-9-26-19(15)32/h1-2,4-5,7-8,10,15H,3,6,9H2,(H,26,32)(H,27,28)/t15-/m1/s1. The number of carbonyl (C=O) groups is 1. The van der Waals surface area contributed by atoms with E-state index in [4.69, 9.17) is 11.6 Å². The topological polar surface area (TPSA) is 93.4 Å². The molecule has 2 aromatic carbocycles. The van der Waals surface area contributed by atoms with Crippen molar-refractivity contribution in [2.75, 3.05) is 11.9 Å². The molecule has 33 heavy (non-hydrogen) atoms. The van der Waals surface area contributed by atoms with Crippen LogP contribution in [0.1, 0.15) is 12.8 Å². The summed E-state index contributed by atoms with van der Waals surface area (Å²) in [4.78, 5) is 21.3. The van der Waals surface area contributed by atoms with Gasteiger partial charge in [-0.25, -0.2) is 9.97 Å². The number of para-hydroxylation sites is 1. The third kappa shape index (κ3) is 4.23. The third-order valence-corrected chi connectivity index (χ3v) is 5.41. The number of hydrogen-bond donors (Lipinski definition) is 2. The smallest absolute Gasteiger partial charge is 0.405 e. The molecule has 2 aromatic heterocycles. The normalized spacial score (nSPS) is 16.7. The Morgan fingerprint density at radius 1 is 1.18 bits per heavy atom. The highest BCUT2D eigenvalue weighted by Gasteiger charge is 2.33. The Morgan fingerprint density at radius 2 is 2.00 bits per heavy atom. The average Bonchev–Trinajstić information content (AvgIpc) is 3.22. The molecule has 1 amide bonds. The first-order valence-corrected chi connectivity index (χ1v) is 10.4. The van der Waals surface area contributed by atoms with Gasteiger partial charge >= 0.3 is 6.36 Å². The van der Waals surface area contributed by atoms with Gasteiger partial charge in [-0.3, -0.25) is 4.79 Å². The molecule has 170 valence electrons. The van der Waals surface area contributed by atoms with Crippen molar-refractivity contribution in [3.05, 3.63) is 47.5 Å². The Bertz CT molecular complexity index is 1370. The highest BCUT2D eigenvalue weighted by molar-refractivity contribution is 6.30. The molecule has 8 nitrogen and oxygen atoms in total. The van der Waals surface area contributed by atoms with Crippen LogP contribution in [0.3, 0.4) is 0 Å². The SMILES string of the molecule is O=C1NCCC[C@H]1Nc1nc2ccccc2c2nc(-c3cc(Cl)ccc3OC(F)(F)F)nn12. The van der Waals surface area contributed by atoms with Gasteiger partial charge in [0.15, 0.2) is 11.5 Å². The molecule has 3 heterocycles. The Hall–Kier alpha value is -3.60. The lowest BCUT2D eigenvalue weighted by atomic mass is 10.1. The van der Waals surface area contributed by atoms with Gasteiger partial charge in [-0.1, -0.05) is 23.7 Å². The monoisotopic (exact) mass is 476 g/mol. The molecule has 0 aliphatic carbocycles. The van der Waals surface area contributed by atoms with Crippen LogP contribution in [0.5, 0.6) is 5.75 Å². The van der Waals surface area contributed by atoms with Gasteiger partial charge in [0.2, 0.25) is 11.9 Å². The first-order chi connectivity index (χ1) is 15.8. The number of benzene rings is 2. The summed E-state index contributed by atoms with van der Waals surface area (Å²) in [5.41, 5.74) is 0.904. The predicted octanol–water partition coefficient (Wildman–Crippen LogP) is 4.19. The molecule has 0 bridgehead atoms. The summed E-state index contributed by atoms with van der Waals surface area (Å²) in [6, 6.07) is 10.3. The summed E-state index contributed by atoms with van der Waals surface area (Å²) in [5.74, 6) is -0.447. The van der Waals surface area contributed by atoms with Gasteiger partial charge in [-0.15, -0.1) is 18.3 Å². The number of rotatable bonds is 4. The number of hydrogen-bond acceptors (Lipinski definition) is 6. The van der Waals surface area contributed by atoms with Gasteiger partial charge in [-0.05, 0) is 43.2 Å². The maximum atomic E-state index is 13.0. The number of aromatic nitrogens is 4. The molecule has 1 fully saturated rings. The second-order valence-electron chi connectivity index (χ2n) is 7.44. The van der Waals surface area contributed by atoms with E-state index in [1.54, 1.807) is 24.3 Å². The molecule has 1 aliphatic rings. The number of nitrogens with one attached hydrogen (secondary N) is 2. The van der Waals surface area contributed by atoms with E-state index in [1.807, 2.05) is 0 Å². The summed E-state index contributed by atoms with van der Waals surface area (Å²) >= 11 is 6.04. The number of halogens is 4. The summed E-state index contributed by atoms with van der Waals surface area (Å²) in [6.45, 7) is 0.599. The lowest BCUT2D eigenvalue weighted by molar-refractivity contribution is -0.274. The van der Waals surface area contributed by atoms with Gasteiger partial charge in [0.05, 0.1) is 11.1 Å². The molecule has 2 N–H and O–H groups in total. The van der Waals surface area contributed by atoms with Crippen molar-refractivity contribution in [2.24, 2.45) is 0 Å². The Morgan fingerprint density at radius 3 is 2.79 bits per heavy atom. The van der Waals surface area contributed by atoms with E-state index in [9.17, 15) is 18.0 Å². The van der Waals surface area contributed by atoms with E-state index in [-0.39, 0.29) is 28.3 Å². The van der Waals surface area contributed by atoms with E-state index < -0.39 is 18.2 Å². The lowest BCUT2D eigenvalue weighted by Gasteiger charge is -2.23. The van der Waals surface area contributed by atoms with Crippen LogP contribution in [0, 0.1) is 0 Å². The molecule has 1 atom stereocenters. The number of amides is 1. The molecule has 1 saturated heterocycles. The van der Waals surface area contributed by atoms with Crippen LogP contribution < -0.4 is 15.4 Å². The van der Waals surface area contributed by atoms with E-state index in [0.717, 1.165) is 12.5 Å². The number of carbonyl (C=O) groups excluding carboxylic acids is 1. The highest BCUT2D eigenvalue weighted by atomic mass is 35.5. The molecule has 0 spiro atoms. The maximum absolute atomic E-state index is 13.0. The molecular formula is C21H16ClF3N6O2. The van der Waals surface area contributed by atoms with Crippen molar-refractivity contribution in [3.8, 4) is 17.1 Å². The van der Waals surface area contributed by atoms with Crippen LogP contribution in [0.15, 0.2) is 42.5 Å². The Kier molecular flexibility index (Phi) is 5.20. The van der Waals surface area contributed by atoms with Crippen LogP contribution >= 0.6 is 11.6 Å². The van der Waals surface area contributed by atoms with Gasteiger partial charge in [-0.2, -0.15) is 4.52 Å². The van der Waals surface area contributed by atoms with E-state index in [1.165, 1.54) is 16.6 Å². The van der Waals surface area contributed by atoms with Gasteiger partial charge in [0.25, 0.3) is 0 Å². The fraction of sp³-hybridized carbons (Fsp3) is 0.238. The molecule has 5 rings (SSSR count). The largest absolute Gasteiger partial charge is 0.573 e. The first-order valence-electron chi connectivity index (χ1n) is 10.0. The second-order valence-corrected chi connectivity index (χ2v) is 7.88. The van der Waals surface area contributed by atoms with Crippen molar-refractivity contribution in [2.45, 2.75) is 25.2 Å². The fourth-order valence-electron chi connectivity index (χ4n) is 3.72. The van der Waals surface area contributed by atoms with E-state index in [2.05, 4.69) is 30.4 Å². The van der Waals surface area contributed by atoms with Gasteiger partial charge < -0.3 is 15.4 Å². The molecule has 1 aliphatic heterocycles. The van der Waals surface area contributed by atoms with Crippen molar-refractivity contribution < 1.29 is 22.7 Å².